The summed E-state index contributed by atoms with van der Waals surface area (Å²) in [6.07, 6.45) is 0. The van der Waals surface area contributed by atoms with Crippen LogP contribution in [0.25, 0.3) is 11.1 Å². The van der Waals surface area contributed by atoms with Crippen molar-refractivity contribution in [1.82, 2.24) is 0 Å². The molecule has 0 aliphatic carbocycles. The molecule has 3 rings (SSSR count). The molecule has 0 unspecified atom stereocenters. The smallest absolute Gasteiger partial charge is 0.0725 e. The quantitative estimate of drug-likeness (QED) is 0.736. The molecule has 0 aromatic heterocycles. The molecule has 80 valence electrons. The number of nitrogen functional groups attached to an aromatic ring is 1. The molecule has 0 saturated carbocycles. The normalized spacial score (nSPS) is 13.8. The average molecular weight is 211 g/mol. The summed E-state index contributed by atoms with van der Waals surface area (Å²) < 4.78 is 5.40. The minimum Gasteiger partial charge on any atom is -0.399 e. The molecule has 0 fully saturated rings. The van der Waals surface area contributed by atoms with Crippen molar-refractivity contribution in [2.45, 2.75) is 13.2 Å². The Hall–Kier alpha value is -1.80. The van der Waals surface area contributed by atoms with Crippen LogP contribution in [-0.2, 0) is 18.0 Å². The molecule has 2 nitrogen and oxygen atoms in total. The van der Waals surface area contributed by atoms with E-state index in [1.807, 2.05) is 24.3 Å². The first kappa shape index (κ1) is 9.43. The minimum atomic E-state index is 0.734. The largest absolute Gasteiger partial charge is 0.399 e. The van der Waals surface area contributed by atoms with Crippen molar-refractivity contribution in [2.24, 2.45) is 0 Å². The Morgan fingerprint density at radius 2 is 1.50 bits per heavy atom. The molecule has 2 aromatic rings. The molecule has 0 atom stereocenters. The predicted molar refractivity (Wildman–Crippen MR) is 64.8 cm³/mol. The maximum Gasteiger partial charge on any atom is 0.0725 e. The number of anilines is 1. The van der Waals surface area contributed by atoms with Crippen molar-refractivity contribution in [2.75, 3.05) is 5.73 Å². The van der Waals surface area contributed by atoms with Crippen molar-refractivity contribution in [3.63, 3.8) is 0 Å². The highest BCUT2D eigenvalue weighted by Crippen LogP contribution is 2.27. The first-order valence-corrected chi connectivity index (χ1v) is 5.38. The van der Waals surface area contributed by atoms with Crippen molar-refractivity contribution < 1.29 is 4.74 Å². The van der Waals surface area contributed by atoms with Gasteiger partial charge in [-0.3, -0.25) is 0 Å². The third-order valence-electron chi connectivity index (χ3n) is 2.97. The lowest BCUT2D eigenvalue weighted by Gasteiger charge is -2.04. The monoisotopic (exact) mass is 211 g/mol. The molecule has 1 aliphatic rings. The number of benzene rings is 2. The summed E-state index contributed by atoms with van der Waals surface area (Å²) in [6, 6.07) is 14.4. The Morgan fingerprint density at radius 1 is 0.812 bits per heavy atom. The third-order valence-corrected chi connectivity index (χ3v) is 2.97. The highest BCUT2D eigenvalue weighted by Gasteiger charge is 2.11. The van der Waals surface area contributed by atoms with Gasteiger partial charge in [0.15, 0.2) is 0 Å². The van der Waals surface area contributed by atoms with Gasteiger partial charge < -0.3 is 10.5 Å². The molecule has 0 bridgehead atoms. The van der Waals surface area contributed by atoms with Crippen LogP contribution in [0.3, 0.4) is 0 Å². The number of ether oxygens (including phenoxy) is 1. The first-order valence-electron chi connectivity index (χ1n) is 5.38. The summed E-state index contributed by atoms with van der Waals surface area (Å²) in [4.78, 5) is 0. The van der Waals surface area contributed by atoms with E-state index in [1.54, 1.807) is 0 Å². The van der Waals surface area contributed by atoms with Gasteiger partial charge in [-0.25, -0.2) is 0 Å². The Morgan fingerprint density at radius 3 is 2.31 bits per heavy atom. The van der Waals surface area contributed by atoms with E-state index in [2.05, 4.69) is 18.2 Å². The number of hydrogen-bond acceptors (Lipinski definition) is 2. The fraction of sp³-hybridized carbons (Fsp3) is 0.143. The van der Waals surface area contributed by atoms with Crippen molar-refractivity contribution in [3.8, 4) is 11.1 Å². The highest BCUT2D eigenvalue weighted by molar-refractivity contribution is 5.66. The SMILES string of the molecule is Nc1ccc(-c2ccc3c(c2)COC3)cc1. The molecule has 0 amide bonds. The van der Waals surface area contributed by atoms with Crippen LogP contribution in [0.1, 0.15) is 11.1 Å². The van der Waals surface area contributed by atoms with E-state index in [4.69, 9.17) is 10.5 Å². The van der Waals surface area contributed by atoms with Crippen molar-refractivity contribution in [3.05, 3.63) is 53.6 Å². The Labute approximate surface area is 94.7 Å². The molecule has 2 heteroatoms. The van der Waals surface area contributed by atoms with Gasteiger partial charge in [0.25, 0.3) is 0 Å². The van der Waals surface area contributed by atoms with Gasteiger partial charge in [0.1, 0.15) is 0 Å². The Kier molecular flexibility index (Phi) is 2.15. The second-order valence-corrected chi connectivity index (χ2v) is 4.10. The highest BCUT2D eigenvalue weighted by atomic mass is 16.5. The van der Waals surface area contributed by atoms with E-state index < -0.39 is 0 Å². The number of rotatable bonds is 1. The van der Waals surface area contributed by atoms with Gasteiger partial charge in [-0.15, -0.1) is 0 Å². The molecular weight excluding hydrogens is 198 g/mol. The van der Waals surface area contributed by atoms with Gasteiger partial charge in [0.05, 0.1) is 13.2 Å². The summed E-state index contributed by atoms with van der Waals surface area (Å²) in [6.45, 7) is 1.48. The number of fused-ring (bicyclic) bond motifs is 1. The number of hydrogen-bond donors (Lipinski definition) is 1. The maximum atomic E-state index is 5.67. The van der Waals surface area contributed by atoms with Crippen LogP contribution in [0, 0.1) is 0 Å². The average Bonchev–Trinajstić information content (AvgIpc) is 2.77. The van der Waals surface area contributed by atoms with Crippen LogP contribution in [0.2, 0.25) is 0 Å². The zero-order chi connectivity index (χ0) is 11.0. The van der Waals surface area contributed by atoms with E-state index in [0.29, 0.717) is 0 Å². The molecule has 1 heterocycles. The van der Waals surface area contributed by atoms with Gasteiger partial charge in [-0.2, -0.15) is 0 Å². The predicted octanol–water partition coefficient (Wildman–Crippen LogP) is 2.97. The van der Waals surface area contributed by atoms with Gasteiger partial charge in [0, 0.05) is 5.69 Å². The third kappa shape index (κ3) is 1.57. The molecule has 0 radical (unpaired) electrons. The lowest BCUT2D eigenvalue weighted by molar-refractivity contribution is 0.134. The number of nitrogens with two attached hydrogens (primary N) is 1. The molecule has 2 aromatic carbocycles. The summed E-state index contributed by atoms with van der Waals surface area (Å²) in [7, 11) is 0. The minimum absolute atomic E-state index is 0.734. The van der Waals surface area contributed by atoms with Crippen LogP contribution >= 0.6 is 0 Å². The van der Waals surface area contributed by atoms with Crippen LogP contribution in [0.4, 0.5) is 5.69 Å². The topological polar surface area (TPSA) is 35.2 Å². The van der Waals surface area contributed by atoms with Gasteiger partial charge >= 0.3 is 0 Å². The van der Waals surface area contributed by atoms with Crippen LogP contribution in [0.5, 0.6) is 0 Å². The van der Waals surface area contributed by atoms with Crippen LogP contribution in [-0.4, -0.2) is 0 Å². The standard InChI is InChI=1S/C14H13NO/c15-14-5-3-10(4-6-14)11-1-2-12-8-16-9-13(12)7-11/h1-7H,8-9,15H2. The van der Waals surface area contributed by atoms with Crippen molar-refractivity contribution in [1.29, 1.82) is 0 Å². The zero-order valence-electron chi connectivity index (χ0n) is 8.94. The summed E-state index contributed by atoms with van der Waals surface area (Å²) in [5.74, 6) is 0. The molecule has 0 spiro atoms. The zero-order valence-corrected chi connectivity index (χ0v) is 8.94. The summed E-state index contributed by atoms with van der Waals surface area (Å²) in [5.41, 5.74) is 11.5. The molecule has 2 N–H and O–H groups in total. The second-order valence-electron chi connectivity index (χ2n) is 4.10. The fourth-order valence-electron chi connectivity index (χ4n) is 2.03. The Balaban J connectivity index is 2.03. The van der Waals surface area contributed by atoms with Gasteiger partial charge in [-0.05, 0) is 40.5 Å². The van der Waals surface area contributed by atoms with Gasteiger partial charge in [0.2, 0.25) is 0 Å². The molecular formula is C14H13NO. The van der Waals surface area contributed by atoms with E-state index in [9.17, 15) is 0 Å². The second kappa shape index (κ2) is 3.65. The molecule has 16 heavy (non-hydrogen) atoms. The van der Waals surface area contributed by atoms with E-state index in [1.165, 1.54) is 22.3 Å². The van der Waals surface area contributed by atoms with E-state index in [0.717, 1.165) is 18.9 Å². The molecule has 0 saturated heterocycles. The van der Waals surface area contributed by atoms with E-state index in [-0.39, 0.29) is 0 Å². The summed E-state index contributed by atoms with van der Waals surface area (Å²) in [5, 5.41) is 0. The fourth-order valence-corrected chi connectivity index (χ4v) is 2.03. The van der Waals surface area contributed by atoms with Crippen LogP contribution in [0.15, 0.2) is 42.5 Å². The first-order chi connectivity index (χ1) is 7.83. The Bertz CT molecular complexity index is 517. The summed E-state index contributed by atoms with van der Waals surface area (Å²) >= 11 is 0. The lowest BCUT2D eigenvalue weighted by Crippen LogP contribution is -1.86. The van der Waals surface area contributed by atoms with Crippen molar-refractivity contribution >= 4 is 5.69 Å². The van der Waals surface area contributed by atoms with Crippen LogP contribution < -0.4 is 5.73 Å². The van der Waals surface area contributed by atoms with E-state index >= 15 is 0 Å². The molecule has 1 aliphatic heterocycles. The van der Waals surface area contributed by atoms with Gasteiger partial charge in [-0.1, -0.05) is 24.3 Å². The maximum absolute atomic E-state index is 5.67. The lowest BCUT2D eigenvalue weighted by atomic mass is 10.0.